The monoisotopic (exact) mass is 96.0 g/mol. The van der Waals surface area contributed by atoms with Gasteiger partial charge in [0.05, 0.1) is 0 Å². The molecule has 0 rings (SSSR count). The minimum absolute atomic E-state index is 0.472. The maximum absolute atomic E-state index is 2.39. The molecule has 0 aromatic rings. The van der Waals surface area contributed by atoms with Gasteiger partial charge in [-0.3, -0.25) is 0 Å². The molecule has 0 aliphatic rings. The van der Waals surface area contributed by atoms with Crippen LogP contribution < -0.4 is 0 Å². The zero-order valence-corrected chi connectivity index (χ0v) is 7.50. The summed E-state index contributed by atoms with van der Waals surface area (Å²) in [5, 5.41) is 0. The van der Waals surface area contributed by atoms with E-state index in [4.69, 9.17) is 0 Å². The number of rotatable bonds is 0. The summed E-state index contributed by atoms with van der Waals surface area (Å²) in [4.78, 5) is 0. The topological polar surface area (TPSA) is 0 Å². The molecule has 0 aromatic heterocycles. The van der Waals surface area contributed by atoms with E-state index in [0.717, 1.165) is 0 Å². The van der Waals surface area contributed by atoms with Gasteiger partial charge in [0.15, 0.2) is 0 Å². The van der Waals surface area contributed by atoms with Gasteiger partial charge in [-0.15, -0.1) is 0 Å². The first kappa shape index (κ1) is 6.22. The Morgan fingerprint density at radius 1 is 1.20 bits per heavy atom. The van der Waals surface area contributed by atoms with Gasteiger partial charge in [0.2, 0.25) is 0 Å². The molecule has 0 saturated heterocycles. The van der Waals surface area contributed by atoms with Crippen LogP contribution in [0.3, 0.4) is 0 Å². The van der Waals surface area contributed by atoms with E-state index in [1.165, 1.54) is 27.0 Å². The molecule has 0 amide bonds. The fourth-order valence-electron chi connectivity index (χ4n) is 0. The molecule has 0 fully saturated rings. The van der Waals surface area contributed by atoms with Crippen molar-refractivity contribution in [2.24, 2.45) is 0 Å². The van der Waals surface area contributed by atoms with Gasteiger partial charge in [0, 0.05) is 0 Å². The molecular weight excluding hydrogens is 87.1 g/mol. The predicted octanol–water partition coefficient (Wildman–Crippen LogP) is 0.990. The number of hydrogen-bond donors (Lipinski definition) is 0. The first-order valence-corrected chi connectivity index (χ1v) is 9.00. The Labute approximate surface area is 51.2 Å². The summed E-state index contributed by atoms with van der Waals surface area (Å²) in [5.41, 5.74) is 0. The standard InChI is InChI=1S/C3H9Si.Na/c1-4(2)3;/h1-3H3;. The second-order valence-electron chi connectivity index (χ2n) is 3.00. The molecule has 0 bridgehead atoms. The SMILES string of the molecule is C[Si](C)(C)[Na]. The summed E-state index contributed by atoms with van der Waals surface area (Å²) in [5.74, 6) is 0. The van der Waals surface area contributed by atoms with Gasteiger partial charge < -0.3 is 0 Å². The van der Waals surface area contributed by atoms with E-state index in [0.29, 0.717) is 0 Å². The molecule has 0 atom stereocenters. The fourth-order valence-corrected chi connectivity index (χ4v) is 0. The summed E-state index contributed by atoms with van der Waals surface area (Å²) in [6.07, 6.45) is 0. The Bertz CT molecular complexity index is 22.4. The minimum atomic E-state index is -0.472. The van der Waals surface area contributed by atoms with Crippen LogP contribution >= 0.6 is 0 Å². The van der Waals surface area contributed by atoms with Crippen molar-refractivity contribution < 1.29 is 0 Å². The van der Waals surface area contributed by atoms with E-state index in [-0.39, 0.29) is 0 Å². The third kappa shape index (κ3) is 36.5. The Kier molecular flexibility index (Phi) is 2.21. The molecule has 5 heavy (non-hydrogen) atoms. The Morgan fingerprint density at radius 3 is 1.20 bits per heavy atom. The van der Waals surface area contributed by atoms with Gasteiger partial charge in [-0.05, 0) is 0 Å². The molecule has 0 saturated carbocycles. The normalized spacial score (nSPS) is 12.2. The Hall–Kier alpha value is 1.22. The molecule has 0 spiro atoms. The van der Waals surface area contributed by atoms with Crippen LogP contribution in [-0.2, 0) is 0 Å². The van der Waals surface area contributed by atoms with Crippen molar-refractivity contribution in [3.05, 3.63) is 0 Å². The van der Waals surface area contributed by atoms with Crippen LogP contribution in [0.1, 0.15) is 0 Å². The second kappa shape index (κ2) is 1.78. The zero-order chi connectivity index (χ0) is 4.50. The van der Waals surface area contributed by atoms with Gasteiger partial charge in [-0.1, -0.05) is 0 Å². The van der Waals surface area contributed by atoms with Crippen molar-refractivity contribution in [1.29, 1.82) is 0 Å². The van der Waals surface area contributed by atoms with Crippen LogP contribution in [0.2, 0.25) is 19.6 Å². The van der Waals surface area contributed by atoms with Crippen LogP contribution in [0.15, 0.2) is 0 Å². The van der Waals surface area contributed by atoms with Crippen LogP contribution in [0.4, 0.5) is 0 Å². The molecular formula is C3H9NaSi. The van der Waals surface area contributed by atoms with Crippen LogP contribution in [-0.4, -0.2) is 31.7 Å². The van der Waals surface area contributed by atoms with E-state index in [1.54, 1.807) is 0 Å². The average Bonchev–Trinajstić information content (AvgIpc) is 0.722. The van der Waals surface area contributed by atoms with Crippen molar-refractivity contribution >= 4 is 31.7 Å². The first-order chi connectivity index (χ1) is 2.00. The third-order valence-corrected chi connectivity index (χ3v) is 0. The van der Waals surface area contributed by atoms with Crippen LogP contribution in [0, 0.1) is 0 Å². The molecule has 0 heterocycles. The van der Waals surface area contributed by atoms with Crippen molar-refractivity contribution in [3.63, 3.8) is 0 Å². The summed E-state index contributed by atoms with van der Waals surface area (Å²) >= 11 is 1.45. The van der Waals surface area contributed by atoms with Gasteiger partial charge in [0.1, 0.15) is 0 Å². The average molecular weight is 96.2 g/mol. The molecule has 2 heteroatoms. The van der Waals surface area contributed by atoms with Gasteiger partial charge >= 0.3 is 51.3 Å². The van der Waals surface area contributed by atoms with Crippen LogP contribution in [0.25, 0.3) is 0 Å². The van der Waals surface area contributed by atoms with Gasteiger partial charge in [0.25, 0.3) is 0 Å². The van der Waals surface area contributed by atoms with Crippen molar-refractivity contribution in [2.75, 3.05) is 0 Å². The summed E-state index contributed by atoms with van der Waals surface area (Å²) in [6, 6.07) is 0. The molecule has 0 aliphatic heterocycles. The van der Waals surface area contributed by atoms with Gasteiger partial charge in [-0.25, -0.2) is 0 Å². The molecule has 0 radical (unpaired) electrons. The molecule has 26 valence electrons. The zero-order valence-electron chi connectivity index (χ0n) is 4.50. The predicted molar refractivity (Wildman–Crippen MR) is 29.1 cm³/mol. The maximum atomic E-state index is 2.39. The fraction of sp³-hybridized carbons (Fsp3) is 1.00. The van der Waals surface area contributed by atoms with Crippen molar-refractivity contribution in [1.82, 2.24) is 0 Å². The summed E-state index contributed by atoms with van der Waals surface area (Å²) < 4.78 is -0.472. The molecule has 0 unspecified atom stereocenters. The Morgan fingerprint density at radius 2 is 1.20 bits per heavy atom. The Balaban J connectivity index is 3.02. The van der Waals surface area contributed by atoms with E-state index < -0.39 is 4.63 Å². The van der Waals surface area contributed by atoms with E-state index in [9.17, 15) is 0 Å². The summed E-state index contributed by atoms with van der Waals surface area (Å²) in [6.45, 7) is 7.16. The van der Waals surface area contributed by atoms with E-state index in [1.807, 2.05) is 0 Å². The molecule has 0 aromatic carbocycles. The molecule has 0 nitrogen and oxygen atoms in total. The molecule has 0 N–H and O–H groups in total. The van der Waals surface area contributed by atoms with Gasteiger partial charge in [-0.2, -0.15) is 0 Å². The van der Waals surface area contributed by atoms with Crippen molar-refractivity contribution in [2.45, 2.75) is 19.6 Å². The summed E-state index contributed by atoms with van der Waals surface area (Å²) in [7, 11) is 0. The molecule has 0 aliphatic carbocycles. The first-order valence-electron chi connectivity index (χ1n) is 2.00. The van der Waals surface area contributed by atoms with Crippen LogP contribution in [0.5, 0.6) is 0 Å². The van der Waals surface area contributed by atoms with E-state index >= 15 is 0 Å². The second-order valence-corrected chi connectivity index (χ2v) is 18.0. The van der Waals surface area contributed by atoms with Crippen molar-refractivity contribution in [3.8, 4) is 0 Å². The number of hydrogen-bond acceptors (Lipinski definition) is 0. The van der Waals surface area contributed by atoms with E-state index in [2.05, 4.69) is 19.6 Å². The quantitative estimate of drug-likeness (QED) is 0.394. The third-order valence-electron chi connectivity index (χ3n) is 0.